The van der Waals surface area contributed by atoms with Crippen molar-refractivity contribution in [2.24, 2.45) is 7.05 Å². The number of carbonyl (C=O) groups is 1. The Kier molecular flexibility index (Phi) is 4.62. The molecule has 0 atom stereocenters. The van der Waals surface area contributed by atoms with Gasteiger partial charge in [-0.2, -0.15) is 10.4 Å². The first kappa shape index (κ1) is 16.5. The van der Waals surface area contributed by atoms with Crippen LogP contribution >= 0.6 is 0 Å². The standard InChI is InChI=1S/C20H17N3O2/c1-23-13-17(12-22-23)16-7-8-18(20(10-16)25-2)19(24)9-14-3-5-15(11-21)6-4-14/h3-8,10,12-13H,9H2,1-2H3. The van der Waals surface area contributed by atoms with Crippen LogP contribution in [0.25, 0.3) is 11.1 Å². The van der Waals surface area contributed by atoms with Crippen molar-refractivity contribution < 1.29 is 9.53 Å². The van der Waals surface area contributed by atoms with Crippen molar-refractivity contribution in [2.75, 3.05) is 7.11 Å². The summed E-state index contributed by atoms with van der Waals surface area (Å²) in [6, 6.07) is 14.6. The Labute approximate surface area is 146 Å². The molecule has 0 N–H and O–H groups in total. The van der Waals surface area contributed by atoms with Gasteiger partial charge in [0.2, 0.25) is 0 Å². The van der Waals surface area contributed by atoms with E-state index in [0.717, 1.165) is 16.7 Å². The molecule has 0 aliphatic carbocycles. The molecular formula is C20H17N3O2. The van der Waals surface area contributed by atoms with Crippen LogP contribution in [0.3, 0.4) is 0 Å². The molecule has 0 saturated carbocycles. The molecule has 0 amide bonds. The third-order valence-corrected chi connectivity index (χ3v) is 3.99. The summed E-state index contributed by atoms with van der Waals surface area (Å²) in [5, 5.41) is 13.0. The first-order valence-electron chi connectivity index (χ1n) is 7.80. The molecule has 0 bridgehead atoms. The molecule has 0 unspecified atom stereocenters. The zero-order valence-electron chi connectivity index (χ0n) is 14.1. The Morgan fingerprint density at radius 1 is 1.20 bits per heavy atom. The van der Waals surface area contributed by atoms with E-state index in [1.807, 2.05) is 25.4 Å². The molecule has 25 heavy (non-hydrogen) atoms. The number of Topliss-reactive ketones (excluding diaryl/α,β-unsaturated/α-hetero) is 1. The van der Waals surface area contributed by atoms with E-state index in [1.54, 1.807) is 48.3 Å². The van der Waals surface area contributed by atoms with Gasteiger partial charge in [-0.3, -0.25) is 9.48 Å². The molecule has 0 fully saturated rings. The van der Waals surface area contributed by atoms with Gasteiger partial charge < -0.3 is 4.74 Å². The number of ether oxygens (including phenoxy) is 1. The van der Waals surface area contributed by atoms with Crippen molar-refractivity contribution in [3.63, 3.8) is 0 Å². The third-order valence-electron chi connectivity index (χ3n) is 3.99. The van der Waals surface area contributed by atoms with Crippen molar-refractivity contribution in [2.45, 2.75) is 6.42 Å². The van der Waals surface area contributed by atoms with Gasteiger partial charge in [-0.15, -0.1) is 0 Å². The van der Waals surface area contributed by atoms with Gasteiger partial charge in [0.05, 0.1) is 30.5 Å². The molecule has 0 saturated heterocycles. The number of aromatic nitrogens is 2. The Morgan fingerprint density at radius 3 is 2.56 bits per heavy atom. The largest absolute Gasteiger partial charge is 0.496 e. The fraction of sp³-hybridized carbons (Fsp3) is 0.150. The van der Waals surface area contributed by atoms with Crippen molar-refractivity contribution >= 4 is 5.78 Å². The zero-order chi connectivity index (χ0) is 17.8. The second kappa shape index (κ2) is 7.02. The predicted molar refractivity (Wildman–Crippen MR) is 94.4 cm³/mol. The van der Waals surface area contributed by atoms with Crippen LogP contribution in [0.15, 0.2) is 54.9 Å². The van der Waals surface area contributed by atoms with Crippen molar-refractivity contribution in [1.29, 1.82) is 5.26 Å². The zero-order valence-corrected chi connectivity index (χ0v) is 14.1. The highest BCUT2D eigenvalue weighted by atomic mass is 16.5. The van der Waals surface area contributed by atoms with Crippen LogP contribution in [0, 0.1) is 11.3 Å². The van der Waals surface area contributed by atoms with E-state index in [9.17, 15) is 4.79 Å². The third kappa shape index (κ3) is 3.59. The van der Waals surface area contributed by atoms with Crippen molar-refractivity contribution in [3.8, 4) is 22.9 Å². The summed E-state index contributed by atoms with van der Waals surface area (Å²) in [6.45, 7) is 0. The average molecular weight is 331 g/mol. The maximum Gasteiger partial charge on any atom is 0.170 e. The summed E-state index contributed by atoms with van der Waals surface area (Å²) in [4.78, 5) is 12.6. The number of nitrogens with zero attached hydrogens (tertiary/aromatic N) is 3. The molecule has 1 aromatic heterocycles. The van der Waals surface area contributed by atoms with Gasteiger partial charge in [0, 0.05) is 25.2 Å². The molecule has 5 nitrogen and oxygen atoms in total. The Morgan fingerprint density at radius 2 is 1.96 bits per heavy atom. The SMILES string of the molecule is COc1cc(-c2cnn(C)c2)ccc1C(=O)Cc1ccc(C#N)cc1. The number of nitriles is 1. The summed E-state index contributed by atoms with van der Waals surface area (Å²) in [5.74, 6) is 0.513. The Balaban J connectivity index is 1.85. The van der Waals surface area contributed by atoms with E-state index in [0.29, 0.717) is 16.9 Å². The molecule has 0 aliphatic heterocycles. The number of rotatable bonds is 5. The number of carbonyl (C=O) groups excluding carboxylic acids is 1. The lowest BCUT2D eigenvalue weighted by Crippen LogP contribution is -2.06. The molecular weight excluding hydrogens is 314 g/mol. The number of benzene rings is 2. The highest BCUT2D eigenvalue weighted by Crippen LogP contribution is 2.28. The lowest BCUT2D eigenvalue weighted by atomic mass is 9.99. The first-order chi connectivity index (χ1) is 12.1. The first-order valence-corrected chi connectivity index (χ1v) is 7.80. The highest BCUT2D eigenvalue weighted by Gasteiger charge is 2.14. The summed E-state index contributed by atoms with van der Waals surface area (Å²) in [7, 11) is 3.41. The number of methoxy groups -OCH3 is 1. The molecule has 0 radical (unpaired) electrons. The molecule has 0 spiro atoms. The van der Waals surface area contributed by atoms with Crippen LogP contribution in [0.5, 0.6) is 5.75 Å². The summed E-state index contributed by atoms with van der Waals surface area (Å²) < 4.78 is 7.15. The van der Waals surface area contributed by atoms with Gasteiger partial charge in [-0.05, 0) is 35.4 Å². The molecule has 124 valence electrons. The number of ketones is 1. The van der Waals surface area contributed by atoms with E-state index in [2.05, 4.69) is 11.2 Å². The van der Waals surface area contributed by atoms with Gasteiger partial charge in [0.1, 0.15) is 5.75 Å². The summed E-state index contributed by atoms with van der Waals surface area (Å²) >= 11 is 0. The van der Waals surface area contributed by atoms with Gasteiger partial charge >= 0.3 is 0 Å². The van der Waals surface area contributed by atoms with E-state index in [1.165, 1.54) is 0 Å². The Hall–Kier alpha value is -3.39. The maximum atomic E-state index is 12.6. The molecule has 5 heteroatoms. The van der Waals surface area contributed by atoms with E-state index in [4.69, 9.17) is 10.00 Å². The topological polar surface area (TPSA) is 67.9 Å². The molecule has 1 heterocycles. The van der Waals surface area contributed by atoms with Crippen LogP contribution in [0.2, 0.25) is 0 Å². The van der Waals surface area contributed by atoms with Crippen LogP contribution in [0.1, 0.15) is 21.5 Å². The minimum Gasteiger partial charge on any atom is -0.496 e. The van der Waals surface area contributed by atoms with Gasteiger partial charge in [0.15, 0.2) is 5.78 Å². The maximum absolute atomic E-state index is 12.6. The fourth-order valence-corrected chi connectivity index (χ4v) is 2.65. The number of aryl methyl sites for hydroxylation is 1. The van der Waals surface area contributed by atoms with E-state index in [-0.39, 0.29) is 12.2 Å². The predicted octanol–water partition coefficient (Wildman–Crippen LogP) is 3.39. The summed E-state index contributed by atoms with van der Waals surface area (Å²) in [5.41, 5.74) is 3.89. The van der Waals surface area contributed by atoms with Crippen LogP contribution in [-0.2, 0) is 13.5 Å². The summed E-state index contributed by atoms with van der Waals surface area (Å²) in [6.07, 6.45) is 3.94. The minimum absolute atomic E-state index is 0.0284. The van der Waals surface area contributed by atoms with Crippen LogP contribution < -0.4 is 4.74 Å². The molecule has 3 rings (SSSR count). The van der Waals surface area contributed by atoms with Crippen molar-refractivity contribution in [1.82, 2.24) is 9.78 Å². The second-order valence-electron chi connectivity index (χ2n) is 5.73. The van der Waals surface area contributed by atoms with Gasteiger partial charge in [-0.1, -0.05) is 18.2 Å². The van der Waals surface area contributed by atoms with Crippen LogP contribution in [-0.4, -0.2) is 22.7 Å². The lowest BCUT2D eigenvalue weighted by molar-refractivity contribution is 0.0990. The average Bonchev–Trinajstić information content (AvgIpc) is 3.08. The monoisotopic (exact) mass is 331 g/mol. The smallest absolute Gasteiger partial charge is 0.170 e. The highest BCUT2D eigenvalue weighted by molar-refractivity contribution is 6.00. The van der Waals surface area contributed by atoms with Gasteiger partial charge in [-0.25, -0.2) is 0 Å². The Bertz CT molecular complexity index is 950. The second-order valence-corrected chi connectivity index (χ2v) is 5.73. The van der Waals surface area contributed by atoms with E-state index >= 15 is 0 Å². The minimum atomic E-state index is -0.0284. The fourth-order valence-electron chi connectivity index (χ4n) is 2.65. The van der Waals surface area contributed by atoms with Crippen LogP contribution in [0.4, 0.5) is 0 Å². The lowest BCUT2D eigenvalue weighted by Gasteiger charge is -2.10. The number of hydrogen-bond donors (Lipinski definition) is 0. The number of hydrogen-bond acceptors (Lipinski definition) is 4. The van der Waals surface area contributed by atoms with Gasteiger partial charge in [0.25, 0.3) is 0 Å². The molecule has 0 aliphatic rings. The quantitative estimate of drug-likeness (QED) is 0.672. The molecule has 2 aromatic carbocycles. The normalized spacial score (nSPS) is 10.3. The van der Waals surface area contributed by atoms with Crippen molar-refractivity contribution in [3.05, 3.63) is 71.5 Å². The van der Waals surface area contributed by atoms with E-state index < -0.39 is 0 Å². The molecule has 3 aromatic rings.